The van der Waals surface area contributed by atoms with Crippen LogP contribution in [0.5, 0.6) is 5.75 Å². The van der Waals surface area contributed by atoms with Crippen LogP contribution in [-0.2, 0) is 6.54 Å². The molecule has 0 aliphatic rings. The summed E-state index contributed by atoms with van der Waals surface area (Å²) >= 11 is 0. The van der Waals surface area contributed by atoms with Crippen LogP contribution in [0.4, 0.5) is 0 Å². The SMILES string of the molecule is CN=C(NCCCOc1ccccc1C)NCc1nc(C)c(C)o1. The number of hydrogen-bond acceptors (Lipinski definition) is 4. The Labute approximate surface area is 143 Å². The van der Waals surface area contributed by atoms with Gasteiger partial charge in [0.05, 0.1) is 18.8 Å². The van der Waals surface area contributed by atoms with Gasteiger partial charge in [-0.05, 0) is 38.8 Å². The highest BCUT2D eigenvalue weighted by atomic mass is 16.5. The number of aryl methyl sites for hydroxylation is 3. The van der Waals surface area contributed by atoms with Gasteiger partial charge in [0.25, 0.3) is 0 Å². The maximum absolute atomic E-state index is 5.77. The number of guanidine groups is 1. The number of nitrogens with zero attached hydrogens (tertiary/aromatic N) is 2. The largest absolute Gasteiger partial charge is 0.493 e. The lowest BCUT2D eigenvalue weighted by Gasteiger charge is -2.12. The molecule has 2 rings (SSSR count). The molecule has 0 fully saturated rings. The van der Waals surface area contributed by atoms with E-state index in [1.807, 2.05) is 45.0 Å². The summed E-state index contributed by atoms with van der Waals surface area (Å²) in [5, 5.41) is 6.44. The minimum atomic E-state index is 0.508. The standard InChI is InChI=1S/C18H26N4O2/c1-13-8-5-6-9-16(13)23-11-7-10-20-18(19-4)21-12-17-22-14(2)15(3)24-17/h5-6,8-9H,7,10-12H2,1-4H3,(H2,19,20,21). The van der Waals surface area contributed by atoms with Crippen molar-refractivity contribution in [2.45, 2.75) is 33.7 Å². The lowest BCUT2D eigenvalue weighted by molar-refractivity contribution is 0.309. The number of rotatable bonds is 7. The van der Waals surface area contributed by atoms with Gasteiger partial charge in [-0.3, -0.25) is 4.99 Å². The van der Waals surface area contributed by atoms with E-state index in [-0.39, 0.29) is 0 Å². The summed E-state index contributed by atoms with van der Waals surface area (Å²) in [6.45, 7) is 7.83. The molecule has 24 heavy (non-hydrogen) atoms. The molecule has 2 aromatic rings. The molecule has 1 heterocycles. The van der Waals surface area contributed by atoms with Crippen molar-refractivity contribution in [1.29, 1.82) is 0 Å². The summed E-state index contributed by atoms with van der Waals surface area (Å²) in [7, 11) is 1.74. The van der Waals surface area contributed by atoms with E-state index >= 15 is 0 Å². The maximum Gasteiger partial charge on any atom is 0.214 e. The van der Waals surface area contributed by atoms with Crippen LogP contribution in [-0.4, -0.2) is 31.1 Å². The van der Waals surface area contributed by atoms with Crippen molar-refractivity contribution in [3.05, 3.63) is 47.2 Å². The van der Waals surface area contributed by atoms with Crippen molar-refractivity contribution in [1.82, 2.24) is 15.6 Å². The van der Waals surface area contributed by atoms with Crippen LogP contribution >= 0.6 is 0 Å². The zero-order chi connectivity index (χ0) is 17.4. The molecule has 130 valence electrons. The van der Waals surface area contributed by atoms with Crippen molar-refractivity contribution in [3.8, 4) is 5.75 Å². The molecule has 0 aliphatic carbocycles. The number of nitrogens with one attached hydrogen (secondary N) is 2. The zero-order valence-corrected chi connectivity index (χ0v) is 14.8. The molecular weight excluding hydrogens is 304 g/mol. The predicted molar refractivity (Wildman–Crippen MR) is 95.5 cm³/mol. The summed E-state index contributed by atoms with van der Waals surface area (Å²) < 4.78 is 11.3. The number of ether oxygens (including phenoxy) is 1. The number of para-hydroxylation sites is 1. The van der Waals surface area contributed by atoms with Crippen LogP contribution in [0.2, 0.25) is 0 Å². The van der Waals surface area contributed by atoms with E-state index in [2.05, 4.69) is 20.6 Å². The number of benzene rings is 1. The summed E-state index contributed by atoms with van der Waals surface area (Å²) in [5.74, 6) is 3.17. The molecular formula is C18H26N4O2. The van der Waals surface area contributed by atoms with E-state index < -0.39 is 0 Å². The normalized spacial score (nSPS) is 11.4. The fraction of sp³-hybridized carbons (Fsp3) is 0.444. The van der Waals surface area contributed by atoms with Crippen molar-refractivity contribution in [2.75, 3.05) is 20.2 Å². The first-order chi connectivity index (χ1) is 11.6. The number of hydrogen-bond donors (Lipinski definition) is 2. The van der Waals surface area contributed by atoms with Gasteiger partial charge in [0, 0.05) is 13.6 Å². The highest BCUT2D eigenvalue weighted by Gasteiger charge is 2.06. The molecule has 1 aromatic heterocycles. The van der Waals surface area contributed by atoms with E-state index in [0.29, 0.717) is 19.0 Å². The van der Waals surface area contributed by atoms with Crippen molar-refractivity contribution >= 4 is 5.96 Å². The molecule has 0 atom stereocenters. The Hall–Kier alpha value is -2.50. The first-order valence-electron chi connectivity index (χ1n) is 8.16. The number of oxazole rings is 1. The summed E-state index contributed by atoms with van der Waals surface area (Å²) in [5.41, 5.74) is 2.07. The van der Waals surface area contributed by atoms with Gasteiger partial charge in [0.1, 0.15) is 11.5 Å². The molecule has 0 saturated heterocycles. The monoisotopic (exact) mass is 330 g/mol. The number of aromatic nitrogens is 1. The molecule has 0 saturated carbocycles. The Kier molecular flexibility index (Phi) is 6.66. The van der Waals surface area contributed by atoms with Crippen molar-refractivity contribution in [3.63, 3.8) is 0 Å². The highest BCUT2D eigenvalue weighted by molar-refractivity contribution is 5.79. The molecule has 0 aliphatic heterocycles. The fourth-order valence-corrected chi connectivity index (χ4v) is 2.17. The maximum atomic E-state index is 5.77. The second-order valence-corrected chi connectivity index (χ2v) is 5.57. The minimum Gasteiger partial charge on any atom is -0.493 e. The van der Waals surface area contributed by atoms with E-state index in [1.165, 1.54) is 0 Å². The zero-order valence-electron chi connectivity index (χ0n) is 14.8. The minimum absolute atomic E-state index is 0.508. The Balaban J connectivity index is 1.65. The Morgan fingerprint density at radius 1 is 1.21 bits per heavy atom. The second kappa shape index (κ2) is 8.96. The Morgan fingerprint density at radius 2 is 2.00 bits per heavy atom. The second-order valence-electron chi connectivity index (χ2n) is 5.57. The highest BCUT2D eigenvalue weighted by Crippen LogP contribution is 2.15. The summed E-state index contributed by atoms with van der Waals surface area (Å²) in [6.07, 6.45) is 0.881. The topological polar surface area (TPSA) is 71.7 Å². The molecule has 2 N–H and O–H groups in total. The first kappa shape index (κ1) is 17.8. The van der Waals surface area contributed by atoms with Gasteiger partial charge < -0.3 is 19.8 Å². The molecule has 0 unspecified atom stereocenters. The van der Waals surface area contributed by atoms with E-state index in [0.717, 1.165) is 41.7 Å². The van der Waals surface area contributed by atoms with Gasteiger partial charge in [-0.1, -0.05) is 18.2 Å². The van der Waals surface area contributed by atoms with Crippen LogP contribution in [0.25, 0.3) is 0 Å². The van der Waals surface area contributed by atoms with Crippen LogP contribution in [0, 0.1) is 20.8 Å². The third-order valence-corrected chi connectivity index (χ3v) is 3.67. The first-order valence-corrected chi connectivity index (χ1v) is 8.16. The van der Waals surface area contributed by atoms with Gasteiger partial charge in [0.15, 0.2) is 5.96 Å². The van der Waals surface area contributed by atoms with Gasteiger partial charge in [-0.15, -0.1) is 0 Å². The van der Waals surface area contributed by atoms with Gasteiger partial charge >= 0.3 is 0 Å². The van der Waals surface area contributed by atoms with Crippen molar-refractivity contribution < 1.29 is 9.15 Å². The Bertz CT molecular complexity index is 660. The summed E-state index contributed by atoms with van der Waals surface area (Å²) in [6, 6.07) is 8.03. The average Bonchev–Trinajstić information content (AvgIpc) is 2.90. The predicted octanol–water partition coefficient (Wildman–Crippen LogP) is 2.73. The molecule has 0 bridgehead atoms. The van der Waals surface area contributed by atoms with E-state index in [9.17, 15) is 0 Å². The third-order valence-electron chi connectivity index (χ3n) is 3.67. The van der Waals surface area contributed by atoms with Crippen LogP contribution in [0.3, 0.4) is 0 Å². The Morgan fingerprint density at radius 3 is 2.67 bits per heavy atom. The number of aliphatic imine (C=N–C) groups is 1. The lowest BCUT2D eigenvalue weighted by Crippen LogP contribution is -2.37. The van der Waals surface area contributed by atoms with Crippen LogP contribution in [0.1, 0.15) is 29.3 Å². The van der Waals surface area contributed by atoms with Gasteiger partial charge in [-0.25, -0.2) is 4.98 Å². The average molecular weight is 330 g/mol. The van der Waals surface area contributed by atoms with E-state index in [4.69, 9.17) is 9.15 Å². The summed E-state index contributed by atoms with van der Waals surface area (Å²) in [4.78, 5) is 8.52. The molecule has 0 radical (unpaired) electrons. The quantitative estimate of drug-likeness (QED) is 0.464. The smallest absolute Gasteiger partial charge is 0.214 e. The molecule has 0 amide bonds. The molecule has 0 spiro atoms. The van der Waals surface area contributed by atoms with Gasteiger partial charge in [-0.2, -0.15) is 0 Å². The van der Waals surface area contributed by atoms with Gasteiger partial charge in [0.2, 0.25) is 5.89 Å². The molecule has 6 nitrogen and oxygen atoms in total. The third kappa shape index (κ3) is 5.30. The molecule has 1 aromatic carbocycles. The van der Waals surface area contributed by atoms with Crippen LogP contribution < -0.4 is 15.4 Å². The fourth-order valence-electron chi connectivity index (χ4n) is 2.17. The lowest BCUT2D eigenvalue weighted by atomic mass is 10.2. The molecule has 6 heteroatoms. The van der Waals surface area contributed by atoms with E-state index in [1.54, 1.807) is 7.05 Å². The van der Waals surface area contributed by atoms with Crippen molar-refractivity contribution in [2.24, 2.45) is 4.99 Å². The van der Waals surface area contributed by atoms with Crippen LogP contribution in [0.15, 0.2) is 33.7 Å².